The van der Waals surface area contributed by atoms with E-state index < -0.39 is 0 Å². The zero-order valence-electron chi connectivity index (χ0n) is 11.9. The Morgan fingerprint density at radius 1 is 1.55 bits per heavy atom. The Bertz CT molecular complexity index is 403. The Kier molecular flexibility index (Phi) is 8.78. The van der Waals surface area contributed by atoms with Crippen molar-refractivity contribution in [2.24, 2.45) is 0 Å². The van der Waals surface area contributed by atoms with Gasteiger partial charge in [0.15, 0.2) is 0 Å². The standard InChI is InChI=1S/C14H21N3O.2ClH/c1-11(13-4-3-5-15-10-13)8-14(18)17-7-6-16-9-12(17)2;;/h3-5,10-12,16H,6-9H2,1-2H3;2*1H/t11?,12-;;/m0../s1. The second kappa shape index (κ2) is 9.16. The molecule has 114 valence electrons. The van der Waals surface area contributed by atoms with Crippen LogP contribution >= 0.6 is 24.8 Å². The molecule has 0 saturated carbocycles. The Morgan fingerprint density at radius 2 is 2.30 bits per heavy atom. The largest absolute Gasteiger partial charge is 0.337 e. The van der Waals surface area contributed by atoms with Crippen molar-refractivity contribution in [1.29, 1.82) is 0 Å². The van der Waals surface area contributed by atoms with Crippen LogP contribution in [0.15, 0.2) is 24.5 Å². The highest BCUT2D eigenvalue weighted by molar-refractivity contribution is 5.85. The summed E-state index contributed by atoms with van der Waals surface area (Å²) in [7, 11) is 0. The molecule has 1 saturated heterocycles. The third-order valence-electron chi connectivity index (χ3n) is 3.56. The molecule has 0 spiro atoms. The van der Waals surface area contributed by atoms with Crippen molar-refractivity contribution in [2.75, 3.05) is 19.6 Å². The predicted molar refractivity (Wildman–Crippen MR) is 85.8 cm³/mol. The van der Waals surface area contributed by atoms with E-state index in [2.05, 4.69) is 24.1 Å². The van der Waals surface area contributed by atoms with Gasteiger partial charge < -0.3 is 10.2 Å². The molecule has 1 aromatic rings. The summed E-state index contributed by atoms with van der Waals surface area (Å²) in [5.74, 6) is 0.480. The van der Waals surface area contributed by atoms with Gasteiger partial charge in [0.25, 0.3) is 0 Å². The highest BCUT2D eigenvalue weighted by Gasteiger charge is 2.24. The number of carbonyl (C=O) groups excluding carboxylic acids is 1. The van der Waals surface area contributed by atoms with Crippen LogP contribution in [0.25, 0.3) is 0 Å². The predicted octanol–water partition coefficient (Wildman–Crippen LogP) is 2.24. The lowest BCUT2D eigenvalue weighted by Crippen LogP contribution is -2.52. The van der Waals surface area contributed by atoms with E-state index in [1.165, 1.54) is 0 Å². The van der Waals surface area contributed by atoms with E-state index in [0.717, 1.165) is 25.2 Å². The number of pyridine rings is 1. The first-order valence-corrected chi connectivity index (χ1v) is 6.58. The zero-order chi connectivity index (χ0) is 13.0. The first-order chi connectivity index (χ1) is 8.68. The highest BCUT2D eigenvalue weighted by Crippen LogP contribution is 2.19. The van der Waals surface area contributed by atoms with Crippen LogP contribution in [0.3, 0.4) is 0 Å². The van der Waals surface area contributed by atoms with Crippen molar-refractivity contribution < 1.29 is 4.79 Å². The van der Waals surface area contributed by atoms with Crippen LogP contribution in [0.4, 0.5) is 0 Å². The lowest BCUT2D eigenvalue weighted by atomic mass is 9.98. The molecule has 0 aliphatic carbocycles. The van der Waals surface area contributed by atoms with Crippen LogP contribution in [-0.4, -0.2) is 41.5 Å². The molecule has 2 heterocycles. The maximum atomic E-state index is 12.3. The van der Waals surface area contributed by atoms with Crippen molar-refractivity contribution in [2.45, 2.75) is 32.2 Å². The maximum absolute atomic E-state index is 12.3. The van der Waals surface area contributed by atoms with Gasteiger partial charge in [0.2, 0.25) is 5.91 Å². The van der Waals surface area contributed by atoms with Gasteiger partial charge in [-0.2, -0.15) is 0 Å². The minimum Gasteiger partial charge on any atom is -0.337 e. The second-order valence-electron chi connectivity index (χ2n) is 5.03. The highest BCUT2D eigenvalue weighted by atomic mass is 35.5. The average molecular weight is 320 g/mol. The third kappa shape index (κ3) is 4.93. The van der Waals surface area contributed by atoms with Crippen LogP contribution in [-0.2, 0) is 4.79 Å². The fraction of sp³-hybridized carbons (Fsp3) is 0.571. The molecule has 2 atom stereocenters. The summed E-state index contributed by atoms with van der Waals surface area (Å²) in [5, 5.41) is 3.30. The molecule has 1 unspecified atom stereocenters. The van der Waals surface area contributed by atoms with Gasteiger partial charge in [-0.25, -0.2) is 0 Å². The van der Waals surface area contributed by atoms with E-state index in [9.17, 15) is 4.79 Å². The molecular weight excluding hydrogens is 297 g/mol. The normalized spacial score (nSPS) is 19.5. The van der Waals surface area contributed by atoms with Crippen LogP contribution in [0.2, 0.25) is 0 Å². The van der Waals surface area contributed by atoms with Crippen molar-refractivity contribution in [3.05, 3.63) is 30.1 Å². The fourth-order valence-corrected chi connectivity index (χ4v) is 2.38. The number of hydrogen-bond acceptors (Lipinski definition) is 3. The number of nitrogens with one attached hydrogen (secondary N) is 1. The van der Waals surface area contributed by atoms with Gasteiger partial charge in [0.1, 0.15) is 0 Å². The van der Waals surface area contributed by atoms with Gasteiger partial charge in [-0.3, -0.25) is 9.78 Å². The Hall–Kier alpha value is -0.840. The van der Waals surface area contributed by atoms with E-state index >= 15 is 0 Å². The van der Waals surface area contributed by atoms with Crippen molar-refractivity contribution in [3.8, 4) is 0 Å². The molecule has 0 aromatic carbocycles. The molecule has 0 bridgehead atoms. The number of nitrogens with zero attached hydrogens (tertiary/aromatic N) is 2. The molecule has 2 rings (SSSR count). The Labute approximate surface area is 133 Å². The zero-order valence-corrected chi connectivity index (χ0v) is 13.5. The number of hydrogen-bond donors (Lipinski definition) is 1. The van der Waals surface area contributed by atoms with Gasteiger partial charge in [-0.15, -0.1) is 24.8 Å². The van der Waals surface area contributed by atoms with Gasteiger partial charge in [-0.1, -0.05) is 13.0 Å². The minimum atomic E-state index is 0. The summed E-state index contributed by atoms with van der Waals surface area (Å²) >= 11 is 0. The first kappa shape index (κ1) is 19.2. The van der Waals surface area contributed by atoms with Gasteiger partial charge in [-0.05, 0) is 24.5 Å². The van der Waals surface area contributed by atoms with Crippen LogP contribution in [0.1, 0.15) is 31.7 Å². The molecule has 1 aromatic heterocycles. The number of amides is 1. The molecule has 6 heteroatoms. The number of piperazine rings is 1. The van der Waals surface area contributed by atoms with Crippen LogP contribution in [0.5, 0.6) is 0 Å². The molecule has 0 radical (unpaired) electrons. The maximum Gasteiger partial charge on any atom is 0.223 e. The molecule has 1 aliphatic rings. The Morgan fingerprint density at radius 3 is 2.90 bits per heavy atom. The topological polar surface area (TPSA) is 45.2 Å². The third-order valence-corrected chi connectivity index (χ3v) is 3.56. The number of rotatable bonds is 3. The second-order valence-corrected chi connectivity index (χ2v) is 5.03. The summed E-state index contributed by atoms with van der Waals surface area (Å²) in [6.07, 6.45) is 4.17. The van der Waals surface area contributed by atoms with Gasteiger partial charge in [0.05, 0.1) is 0 Å². The molecular formula is C14H23Cl2N3O. The van der Waals surface area contributed by atoms with Gasteiger partial charge in [0, 0.05) is 44.5 Å². The summed E-state index contributed by atoms with van der Waals surface area (Å²) in [6.45, 7) is 6.80. The molecule has 1 amide bonds. The van der Waals surface area contributed by atoms with Crippen LogP contribution in [0, 0.1) is 0 Å². The number of halogens is 2. The molecule has 20 heavy (non-hydrogen) atoms. The minimum absolute atomic E-state index is 0. The Balaban J connectivity index is 0.00000180. The molecule has 1 aliphatic heterocycles. The van der Waals surface area contributed by atoms with Gasteiger partial charge >= 0.3 is 0 Å². The summed E-state index contributed by atoms with van der Waals surface area (Å²) in [6, 6.07) is 4.25. The summed E-state index contributed by atoms with van der Waals surface area (Å²) in [5.41, 5.74) is 1.13. The quantitative estimate of drug-likeness (QED) is 0.929. The average Bonchev–Trinajstić information content (AvgIpc) is 2.40. The van der Waals surface area contributed by atoms with Crippen molar-refractivity contribution >= 4 is 30.7 Å². The van der Waals surface area contributed by atoms with Crippen molar-refractivity contribution in [1.82, 2.24) is 15.2 Å². The van der Waals surface area contributed by atoms with E-state index in [0.29, 0.717) is 12.5 Å². The van der Waals surface area contributed by atoms with E-state index in [1.54, 1.807) is 6.20 Å². The first-order valence-electron chi connectivity index (χ1n) is 6.58. The fourth-order valence-electron chi connectivity index (χ4n) is 2.38. The smallest absolute Gasteiger partial charge is 0.223 e. The van der Waals surface area contributed by atoms with Crippen LogP contribution < -0.4 is 5.32 Å². The van der Waals surface area contributed by atoms with E-state index in [1.807, 2.05) is 23.2 Å². The number of aromatic nitrogens is 1. The van der Waals surface area contributed by atoms with E-state index in [-0.39, 0.29) is 36.6 Å². The number of carbonyl (C=O) groups is 1. The lowest BCUT2D eigenvalue weighted by Gasteiger charge is -2.34. The van der Waals surface area contributed by atoms with E-state index in [4.69, 9.17) is 0 Å². The summed E-state index contributed by atoms with van der Waals surface area (Å²) in [4.78, 5) is 18.4. The molecule has 1 N–H and O–H groups in total. The lowest BCUT2D eigenvalue weighted by molar-refractivity contribution is -0.134. The molecule has 4 nitrogen and oxygen atoms in total. The monoisotopic (exact) mass is 319 g/mol. The summed E-state index contributed by atoms with van der Waals surface area (Å²) < 4.78 is 0. The molecule has 1 fully saturated rings. The van der Waals surface area contributed by atoms with Crippen molar-refractivity contribution in [3.63, 3.8) is 0 Å². The SMILES string of the molecule is CC(CC(=O)N1CCNC[C@@H]1C)c1cccnc1.Cl.Cl.